The molecule has 3 rings (SSSR count). The van der Waals surface area contributed by atoms with Gasteiger partial charge in [0, 0.05) is 25.0 Å². The minimum Gasteiger partial charge on any atom is -0.396 e. The first-order chi connectivity index (χ1) is 12.0. The molecule has 1 aromatic carbocycles. The first-order valence-corrected chi connectivity index (χ1v) is 9.07. The number of rotatable bonds is 3. The van der Waals surface area contributed by atoms with Crippen molar-refractivity contribution in [3.63, 3.8) is 0 Å². The van der Waals surface area contributed by atoms with Crippen LogP contribution in [0, 0.1) is 0 Å². The van der Waals surface area contributed by atoms with Crippen LogP contribution in [0.5, 0.6) is 0 Å². The lowest BCUT2D eigenvalue weighted by Gasteiger charge is -2.21. The predicted octanol–water partition coefficient (Wildman–Crippen LogP) is 4.60. The van der Waals surface area contributed by atoms with Crippen LogP contribution in [0.15, 0.2) is 30.5 Å². The topological polar surface area (TPSA) is 71.2 Å². The molecular formula is C18H20Cl2N4O. The molecule has 7 heteroatoms. The van der Waals surface area contributed by atoms with Crippen molar-refractivity contribution in [1.29, 1.82) is 0 Å². The Kier molecular flexibility index (Phi) is 5.66. The molecule has 2 heterocycles. The average Bonchev–Trinajstić information content (AvgIpc) is 2.89. The number of hydrogen-bond acceptors (Lipinski definition) is 4. The van der Waals surface area contributed by atoms with Gasteiger partial charge < -0.3 is 16.0 Å². The van der Waals surface area contributed by atoms with E-state index in [1.54, 1.807) is 24.4 Å². The average molecular weight is 379 g/mol. The summed E-state index contributed by atoms with van der Waals surface area (Å²) in [6.45, 7) is 2.03. The quantitative estimate of drug-likeness (QED) is 0.765. The van der Waals surface area contributed by atoms with Crippen molar-refractivity contribution >= 4 is 46.3 Å². The molecule has 0 radical (unpaired) electrons. The highest BCUT2D eigenvalue weighted by Crippen LogP contribution is 2.31. The normalized spacial score (nSPS) is 14.9. The Morgan fingerprint density at radius 3 is 2.28 bits per heavy atom. The van der Waals surface area contributed by atoms with Gasteiger partial charge in [0.05, 0.1) is 21.3 Å². The number of nitrogens with zero attached hydrogens (tertiary/aromatic N) is 2. The molecule has 1 fully saturated rings. The van der Waals surface area contributed by atoms with Crippen molar-refractivity contribution in [2.24, 2.45) is 0 Å². The summed E-state index contributed by atoms with van der Waals surface area (Å²) in [7, 11) is 0. The van der Waals surface area contributed by atoms with Gasteiger partial charge in [-0.15, -0.1) is 0 Å². The van der Waals surface area contributed by atoms with E-state index in [0.717, 1.165) is 18.9 Å². The fraction of sp³-hybridized carbons (Fsp3) is 0.333. The molecule has 0 bridgehead atoms. The third-order valence-corrected chi connectivity index (χ3v) is 4.90. The Labute approximate surface area is 157 Å². The second-order valence-corrected chi connectivity index (χ2v) is 6.93. The molecule has 25 heavy (non-hydrogen) atoms. The maximum absolute atomic E-state index is 12.4. The van der Waals surface area contributed by atoms with E-state index in [0.29, 0.717) is 27.0 Å². The SMILES string of the molecule is Nc1c(Cl)cc(NC(=O)c2ccc(N3CCCCCC3)nc2)cc1Cl. The predicted molar refractivity (Wildman–Crippen MR) is 104 cm³/mol. The molecular weight excluding hydrogens is 359 g/mol. The van der Waals surface area contributed by atoms with Crippen LogP contribution in [-0.2, 0) is 0 Å². The Balaban J connectivity index is 1.70. The monoisotopic (exact) mass is 378 g/mol. The van der Waals surface area contributed by atoms with Crippen LogP contribution in [0.25, 0.3) is 0 Å². The summed E-state index contributed by atoms with van der Waals surface area (Å²) < 4.78 is 0. The number of amides is 1. The number of nitrogens with one attached hydrogen (secondary N) is 1. The summed E-state index contributed by atoms with van der Waals surface area (Å²) in [6.07, 6.45) is 6.49. The number of carbonyl (C=O) groups is 1. The molecule has 1 aliphatic heterocycles. The van der Waals surface area contributed by atoms with Crippen molar-refractivity contribution < 1.29 is 4.79 Å². The Bertz CT molecular complexity index is 733. The first kappa shape index (κ1) is 17.8. The zero-order chi connectivity index (χ0) is 17.8. The Morgan fingerprint density at radius 1 is 1.08 bits per heavy atom. The fourth-order valence-corrected chi connectivity index (χ4v) is 3.35. The second-order valence-electron chi connectivity index (χ2n) is 6.11. The molecule has 1 aromatic heterocycles. The van der Waals surface area contributed by atoms with Crippen molar-refractivity contribution in [2.45, 2.75) is 25.7 Å². The third kappa shape index (κ3) is 4.35. The van der Waals surface area contributed by atoms with E-state index in [1.165, 1.54) is 25.7 Å². The van der Waals surface area contributed by atoms with Crippen molar-refractivity contribution in [2.75, 3.05) is 29.0 Å². The molecule has 3 N–H and O–H groups in total. The van der Waals surface area contributed by atoms with Gasteiger partial charge in [-0.25, -0.2) is 4.98 Å². The van der Waals surface area contributed by atoms with Gasteiger partial charge in [0.25, 0.3) is 5.91 Å². The molecule has 5 nitrogen and oxygen atoms in total. The van der Waals surface area contributed by atoms with Crippen LogP contribution in [0.4, 0.5) is 17.2 Å². The van der Waals surface area contributed by atoms with Crippen molar-refractivity contribution in [3.05, 3.63) is 46.1 Å². The van der Waals surface area contributed by atoms with E-state index >= 15 is 0 Å². The van der Waals surface area contributed by atoms with Gasteiger partial charge in [0.2, 0.25) is 0 Å². The van der Waals surface area contributed by atoms with Crippen LogP contribution in [-0.4, -0.2) is 24.0 Å². The van der Waals surface area contributed by atoms with Gasteiger partial charge in [-0.2, -0.15) is 0 Å². The highest BCUT2D eigenvalue weighted by atomic mass is 35.5. The number of nitrogens with two attached hydrogens (primary N) is 1. The maximum Gasteiger partial charge on any atom is 0.257 e. The highest BCUT2D eigenvalue weighted by molar-refractivity contribution is 6.39. The minimum absolute atomic E-state index is 0.271. The highest BCUT2D eigenvalue weighted by Gasteiger charge is 2.13. The number of pyridine rings is 1. The lowest BCUT2D eigenvalue weighted by molar-refractivity contribution is 0.102. The Hall–Kier alpha value is -1.98. The van der Waals surface area contributed by atoms with E-state index < -0.39 is 0 Å². The van der Waals surface area contributed by atoms with E-state index in [1.807, 2.05) is 6.07 Å². The summed E-state index contributed by atoms with van der Waals surface area (Å²) in [6, 6.07) is 6.81. The molecule has 1 saturated heterocycles. The van der Waals surface area contributed by atoms with E-state index in [-0.39, 0.29) is 5.91 Å². The summed E-state index contributed by atoms with van der Waals surface area (Å²) in [5.74, 6) is 0.642. The van der Waals surface area contributed by atoms with Crippen LogP contribution in [0.1, 0.15) is 36.0 Å². The van der Waals surface area contributed by atoms with E-state index in [2.05, 4.69) is 15.2 Å². The molecule has 1 aliphatic rings. The van der Waals surface area contributed by atoms with Gasteiger partial charge >= 0.3 is 0 Å². The smallest absolute Gasteiger partial charge is 0.257 e. The van der Waals surface area contributed by atoms with Crippen LogP contribution >= 0.6 is 23.2 Å². The zero-order valence-electron chi connectivity index (χ0n) is 13.8. The van der Waals surface area contributed by atoms with Crippen LogP contribution in [0.2, 0.25) is 10.0 Å². The summed E-state index contributed by atoms with van der Waals surface area (Å²) in [5.41, 5.74) is 6.96. The molecule has 0 spiro atoms. The minimum atomic E-state index is -0.271. The van der Waals surface area contributed by atoms with Gasteiger partial charge in [0.1, 0.15) is 5.82 Å². The molecule has 1 amide bonds. The van der Waals surface area contributed by atoms with Crippen LogP contribution in [0.3, 0.4) is 0 Å². The lowest BCUT2D eigenvalue weighted by Crippen LogP contribution is -2.25. The number of aromatic nitrogens is 1. The van der Waals surface area contributed by atoms with Gasteiger partial charge in [0.15, 0.2) is 0 Å². The number of carbonyl (C=O) groups excluding carboxylic acids is 1. The summed E-state index contributed by atoms with van der Waals surface area (Å²) in [4.78, 5) is 19.1. The fourth-order valence-electron chi connectivity index (χ4n) is 2.87. The molecule has 132 valence electrons. The van der Waals surface area contributed by atoms with Gasteiger partial charge in [-0.05, 0) is 37.1 Å². The van der Waals surface area contributed by atoms with E-state index in [4.69, 9.17) is 28.9 Å². The number of benzene rings is 1. The molecule has 0 aliphatic carbocycles. The summed E-state index contributed by atoms with van der Waals surface area (Å²) in [5, 5.41) is 3.37. The van der Waals surface area contributed by atoms with Crippen molar-refractivity contribution in [1.82, 2.24) is 4.98 Å². The number of halogens is 2. The van der Waals surface area contributed by atoms with Crippen molar-refractivity contribution in [3.8, 4) is 0 Å². The van der Waals surface area contributed by atoms with Gasteiger partial charge in [-0.1, -0.05) is 36.0 Å². The molecule has 0 unspecified atom stereocenters. The third-order valence-electron chi connectivity index (χ3n) is 4.28. The van der Waals surface area contributed by atoms with Crippen LogP contribution < -0.4 is 16.0 Å². The molecule has 0 atom stereocenters. The van der Waals surface area contributed by atoms with E-state index in [9.17, 15) is 4.79 Å². The standard InChI is InChI=1S/C18H20Cl2N4O/c19-14-9-13(10-15(20)17(14)21)23-18(25)12-5-6-16(22-11-12)24-7-3-1-2-4-8-24/h5-6,9-11H,1-4,7-8,21H2,(H,23,25). The van der Waals surface area contributed by atoms with Gasteiger partial charge in [-0.3, -0.25) is 4.79 Å². The first-order valence-electron chi connectivity index (χ1n) is 8.31. The maximum atomic E-state index is 12.4. The zero-order valence-corrected chi connectivity index (χ0v) is 15.3. The second kappa shape index (κ2) is 7.93. The Morgan fingerprint density at radius 2 is 1.72 bits per heavy atom. The molecule has 2 aromatic rings. The largest absolute Gasteiger partial charge is 0.396 e. The summed E-state index contributed by atoms with van der Waals surface area (Å²) >= 11 is 12.0. The number of nitrogen functional groups attached to an aromatic ring is 1. The number of anilines is 3. The number of hydrogen-bond donors (Lipinski definition) is 2. The molecule has 0 saturated carbocycles. The lowest BCUT2D eigenvalue weighted by atomic mass is 10.2.